The molecule has 13 heteroatoms. The van der Waals surface area contributed by atoms with Gasteiger partial charge >= 0.3 is 0 Å². The van der Waals surface area contributed by atoms with Crippen LogP contribution in [-0.4, -0.2) is 86.9 Å². The maximum atomic E-state index is 14.4. The number of Topliss-reactive ketones (excluding diaryl/α,β-unsaturated/α-hetero) is 1. The topological polar surface area (TPSA) is 180 Å². The third kappa shape index (κ3) is 10.4. The molecule has 1 saturated heterocycles. The Hall–Kier alpha value is -4.16. The molecule has 0 bridgehead atoms. The third-order valence-corrected chi connectivity index (χ3v) is 9.82. The van der Waals surface area contributed by atoms with Crippen molar-refractivity contribution in [1.29, 1.82) is 0 Å². The summed E-state index contributed by atoms with van der Waals surface area (Å²) in [5.41, 5.74) is 0.0916. The Balaban J connectivity index is 1.53. The minimum atomic E-state index is -1.00. The van der Waals surface area contributed by atoms with Gasteiger partial charge in [0.25, 0.3) is 11.8 Å². The Labute approximate surface area is 289 Å². The quantitative estimate of drug-likeness (QED) is 0.143. The predicted octanol–water partition coefficient (Wildman–Crippen LogP) is 2.61. The summed E-state index contributed by atoms with van der Waals surface area (Å²) in [6.07, 6.45) is 14.8. The van der Waals surface area contributed by atoms with Gasteiger partial charge in [-0.3, -0.25) is 33.8 Å². The Morgan fingerprint density at radius 2 is 1.73 bits per heavy atom. The normalized spacial score (nSPS) is 21.3. The van der Waals surface area contributed by atoms with E-state index in [2.05, 4.69) is 37.8 Å². The Morgan fingerprint density at radius 1 is 1.00 bits per heavy atom. The lowest BCUT2D eigenvalue weighted by Crippen LogP contribution is -2.60. The van der Waals surface area contributed by atoms with Crippen molar-refractivity contribution in [2.45, 2.75) is 128 Å². The lowest BCUT2D eigenvalue weighted by Gasteiger charge is -2.34. The molecular weight excluding hydrogens is 626 g/mol. The first-order valence-corrected chi connectivity index (χ1v) is 18.0. The number of amides is 5. The van der Waals surface area contributed by atoms with Crippen LogP contribution in [0.5, 0.6) is 0 Å². The van der Waals surface area contributed by atoms with Crippen molar-refractivity contribution in [3.8, 4) is 0 Å². The molecule has 5 unspecified atom stereocenters. The second-order valence-corrected chi connectivity index (χ2v) is 14.1. The SMILES string of the molecule is C=CCCC1CC(C(=O)NC(CCC)C(=O)C(=O)NC2CC2)N(C(=O)C(NC(=O)C(NC(=O)c2cnccn2)C2CCCCC2)C(C)C)C1. The monoisotopic (exact) mass is 679 g/mol. The number of allylic oxidation sites excluding steroid dienone is 1. The van der Waals surface area contributed by atoms with Gasteiger partial charge in [0.15, 0.2) is 0 Å². The summed E-state index contributed by atoms with van der Waals surface area (Å²) >= 11 is 0. The zero-order valence-corrected chi connectivity index (χ0v) is 29.1. The molecule has 2 aliphatic carbocycles. The fourth-order valence-corrected chi connectivity index (χ4v) is 6.88. The molecule has 3 aliphatic rings. The zero-order valence-electron chi connectivity index (χ0n) is 29.1. The van der Waals surface area contributed by atoms with Gasteiger partial charge in [-0.25, -0.2) is 4.98 Å². The molecule has 1 aliphatic heterocycles. The first kappa shape index (κ1) is 37.7. The number of rotatable bonds is 17. The second-order valence-electron chi connectivity index (χ2n) is 14.1. The van der Waals surface area contributed by atoms with E-state index in [0.29, 0.717) is 25.8 Å². The van der Waals surface area contributed by atoms with Crippen molar-refractivity contribution in [2.75, 3.05) is 6.54 Å². The summed E-state index contributed by atoms with van der Waals surface area (Å²) in [7, 11) is 0. The third-order valence-electron chi connectivity index (χ3n) is 9.82. The number of hydrogen-bond donors (Lipinski definition) is 4. The molecule has 2 heterocycles. The van der Waals surface area contributed by atoms with Gasteiger partial charge in [0.2, 0.25) is 23.5 Å². The summed E-state index contributed by atoms with van der Waals surface area (Å²) in [5.74, 6) is -3.73. The van der Waals surface area contributed by atoms with Crippen LogP contribution in [0.1, 0.15) is 108 Å². The van der Waals surface area contributed by atoms with Crippen molar-refractivity contribution >= 4 is 35.3 Å². The van der Waals surface area contributed by atoms with Crippen LogP contribution in [0, 0.1) is 17.8 Å². The maximum absolute atomic E-state index is 14.4. The van der Waals surface area contributed by atoms with E-state index >= 15 is 0 Å². The highest BCUT2D eigenvalue weighted by atomic mass is 16.2. The van der Waals surface area contributed by atoms with Crippen molar-refractivity contribution < 1.29 is 28.8 Å². The van der Waals surface area contributed by atoms with Crippen LogP contribution in [0.15, 0.2) is 31.2 Å². The molecule has 0 spiro atoms. The first-order chi connectivity index (χ1) is 23.5. The molecule has 0 radical (unpaired) electrons. The average molecular weight is 680 g/mol. The standard InChI is InChI=1S/C36H53N7O6/c1-5-7-12-23-19-28(33(46)40-26(11-6-2)31(44)35(48)39-25-15-16-25)43(21-23)36(49)29(22(3)4)41-34(47)30(24-13-9-8-10-14-24)42-32(45)27-20-37-17-18-38-27/h5,17-18,20,22-26,28-30H,1,6-16,19,21H2,2-4H3,(H,39,48)(H,40,46)(H,41,47)(H,42,45). The molecule has 5 amide bonds. The van der Waals surface area contributed by atoms with E-state index in [1.54, 1.807) is 6.08 Å². The molecule has 4 rings (SSSR count). The van der Waals surface area contributed by atoms with Crippen molar-refractivity contribution in [2.24, 2.45) is 17.8 Å². The van der Waals surface area contributed by atoms with E-state index in [1.807, 2.05) is 20.8 Å². The molecule has 268 valence electrons. The van der Waals surface area contributed by atoms with Gasteiger partial charge in [0.1, 0.15) is 23.8 Å². The van der Waals surface area contributed by atoms with E-state index in [9.17, 15) is 28.8 Å². The second kappa shape index (κ2) is 18.0. The number of nitrogens with one attached hydrogen (secondary N) is 4. The highest BCUT2D eigenvalue weighted by molar-refractivity contribution is 6.38. The summed E-state index contributed by atoms with van der Waals surface area (Å²) in [6.45, 7) is 9.63. The zero-order chi connectivity index (χ0) is 35.5. The molecule has 0 aromatic carbocycles. The lowest BCUT2D eigenvalue weighted by molar-refractivity contribution is -0.144. The minimum Gasteiger partial charge on any atom is -0.347 e. The van der Waals surface area contributed by atoms with Gasteiger partial charge in [-0.05, 0) is 69.1 Å². The Kier molecular flexibility index (Phi) is 13.8. The molecule has 4 N–H and O–H groups in total. The number of carbonyl (C=O) groups is 6. The molecule has 5 atom stereocenters. The highest BCUT2D eigenvalue weighted by Gasteiger charge is 2.44. The molecule has 1 aromatic rings. The van der Waals surface area contributed by atoms with Gasteiger partial charge in [0, 0.05) is 25.0 Å². The Bertz CT molecular complexity index is 1340. The summed E-state index contributed by atoms with van der Waals surface area (Å²) < 4.78 is 0. The maximum Gasteiger partial charge on any atom is 0.289 e. The molecule has 3 fully saturated rings. The van der Waals surface area contributed by atoms with Crippen LogP contribution in [-0.2, 0) is 24.0 Å². The number of nitrogens with zero attached hydrogens (tertiary/aromatic N) is 3. The first-order valence-electron chi connectivity index (χ1n) is 18.0. The van der Waals surface area contributed by atoms with Crippen LogP contribution in [0.3, 0.4) is 0 Å². The number of carbonyl (C=O) groups excluding carboxylic acids is 6. The lowest BCUT2D eigenvalue weighted by atomic mass is 9.83. The van der Waals surface area contributed by atoms with E-state index in [-0.39, 0.29) is 35.9 Å². The smallest absolute Gasteiger partial charge is 0.289 e. The van der Waals surface area contributed by atoms with Crippen LogP contribution in [0.2, 0.25) is 0 Å². The number of aromatic nitrogens is 2. The number of ketones is 1. The van der Waals surface area contributed by atoms with Crippen LogP contribution in [0.4, 0.5) is 0 Å². The fraction of sp³-hybridized carbons (Fsp3) is 0.667. The minimum absolute atomic E-state index is 0.000892. The van der Waals surface area contributed by atoms with Crippen molar-refractivity contribution in [1.82, 2.24) is 36.1 Å². The summed E-state index contributed by atoms with van der Waals surface area (Å²) in [4.78, 5) is 90.5. The van der Waals surface area contributed by atoms with Crippen LogP contribution >= 0.6 is 0 Å². The van der Waals surface area contributed by atoms with Crippen molar-refractivity contribution in [3.05, 3.63) is 36.9 Å². The molecule has 1 aromatic heterocycles. The molecule has 49 heavy (non-hydrogen) atoms. The highest BCUT2D eigenvalue weighted by Crippen LogP contribution is 2.30. The largest absolute Gasteiger partial charge is 0.347 e. The summed E-state index contributed by atoms with van der Waals surface area (Å²) in [6, 6.07) is -3.74. The van der Waals surface area contributed by atoms with E-state index < -0.39 is 59.5 Å². The van der Waals surface area contributed by atoms with Gasteiger partial charge in [0.05, 0.1) is 12.2 Å². The summed E-state index contributed by atoms with van der Waals surface area (Å²) in [5, 5.41) is 11.3. The van der Waals surface area contributed by atoms with Crippen LogP contribution < -0.4 is 21.3 Å². The van der Waals surface area contributed by atoms with Gasteiger partial charge in [-0.2, -0.15) is 0 Å². The van der Waals surface area contributed by atoms with E-state index in [0.717, 1.165) is 51.4 Å². The van der Waals surface area contributed by atoms with Crippen molar-refractivity contribution in [3.63, 3.8) is 0 Å². The number of hydrogen-bond acceptors (Lipinski definition) is 8. The fourth-order valence-electron chi connectivity index (χ4n) is 6.88. The molecule has 2 saturated carbocycles. The molecule has 13 nitrogen and oxygen atoms in total. The predicted molar refractivity (Wildman–Crippen MR) is 183 cm³/mol. The van der Waals surface area contributed by atoms with E-state index in [4.69, 9.17) is 0 Å². The van der Waals surface area contributed by atoms with Gasteiger partial charge in [-0.1, -0.05) is 52.5 Å². The number of likely N-dealkylation sites (tertiary alicyclic amines) is 1. The van der Waals surface area contributed by atoms with Gasteiger partial charge in [-0.15, -0.1) is 6.58 Å². The van der Waals surface area contributed by atoms with Gasteiger partial charge < -0.3 is 26.2 Å². The van der Waals surface area contributed by atoms with Crippen LogP contribution in [0.25, 0.3) is 0 Å². The van der Waals surface area contributed by atoms with E-state index in [1.165, 1.54) is 23.5 Å². The average Bonchev–Trinajstić information content (AvgIpc) is 3.82. The molecular formula is C36H53N7O6. The Morgan fingerprint density at radius 3 is 2.35 bits per heavy atom.